The van der Waals surface area contributed by atoms with E-state index in [1.807, 2.05) is 49.4 Å². The van der Waals surface area contributed by atoms with Gasteiger partial charge >= 0.3 is 0 Å². The van der Waals surface area contributed by atoms with Crippen molar-refractivity contribution in [1.29, 1.82) is 0 Å². The summed E-state index contributed by atoms with van der Waals surface area (Å²) in [5.41, 5.74) is 10.8. The number of anilines is 2. The number of rotatable bonds is 2. The molecule has 2 aromatic carbocycles. The van der Waals surface area contributed by atoms with E-state index >= 15 is 0 Å². The highest BCUT2D eigenvalue weighted by Gasteiger charge is 2.03. The largest absolute Gasteiger partial charge is 0.398 e. The molecule has 0 spiro atoms. The van der Waals surface area contributed by atoms with E-state index in [1.165, 1.54) is 6.92 Å². The molecule has 0 aliphatic heterocycles. The van der Waals surface area contributed by atoms with Crippen LogP contribution in [0.3, 0.4) is 0 Å². The summed E-state index contributed by atoms with van der Waals surface area (Å²) in [5, 5.41) is 2.74. The lowest BCUT2D eigenvalue weighted by Crippen LogP contribution is -2.05. The van der Waals surface area contributed by atoms with Crippen LogP contribution in [0.2, 0.25) is 0 Å². The molecular formula is C15H16N2O. The molecule has 2 rings (SSSR count). The van der Waals surface area contributed by atoms with Crippen molar-refractivity contribution in [3.63, 3.8) is 0 Å². The molecule has 0 aromatic heterocycles. The van der Waals surface area contributed by atoms with Gasteiger partial charge in [0.15, 0.2) is 0 Å². The Labute approximate surface area is 107 Å². The van der Waals surface area contributed by atoms with Crippen molar-refractivity contribution in [2.24, 2.45) is 0 Å². The lowest BCUT2D eigenvalue weighted by atomic mass is 10.0. The number of nitrogens with one attached hydrogen (secondary N) is 1. The Morgan fingerprint density at radius 1 is 1.11 bits per heavy atom. The first-order valence-electron chi connectivity index (χ1n) is 5.80. The quantitative estimate of drug-likeness (QED) is 0.792. The molecule has 0 radical (unpaired) electrons. The molecule has 0 fully saturated rings. The molecular weight excluding hydrogens is 224 g/mol. The van der Waals surface area contributed by atoms with E-state index in [2.05, 4.69) is 5.32 Å². The van der Waals surface area contributed by atoms with Crippen LogP contribution in [-0.2, 0) is 4.79 Å². The molecule has 0 saturated heterocycles. The van der Waals surface area contributed by atoms with Crippen LogP contribution in [0.25, 0.3) is 11.1 Å². The molecule has 2 aromatic rings. The first-order chi connectivity index (χ1) is 8.56. The average Bonchev–Trinajstić information content (AvgIpc) is 2.30. The predicted octanol–water partition coefficient (Wildman–Crippen LogP) is 3.20. The third-order valence-corrected chi connectivity index (χ3v) is 2.72. The fraction of sp³-hybridized carbons (Fsp3) is 0.133. The first kappa shape index (κ1) is 12.2. The standard InChI is InChI=1S/C15H16N2O/c1-10-3-8-14(15(16)9-10)12-4-6-13(7-5-12)17-11(2)18/h3-9H,16H2,1-2H3,(H,17,18). The first-order valence-corrected chi connectivity index (χ1v) is 5.80. The van der Waals surface area contributed by atoms with Crippen molar-refractivity contribution in [2.75, 3.05) is 11.1 Å². The highest BCUT2D eigenvalue weighted by atomic mass is 16.1. The van der Waals surface area contributed by atoms with Crippen LogP contribution < -0.4 is 11.1 Å². The molecule has 3 N–H and O–H groups in total. The predicted molar refractivity (Wildman–Crippen MR) is 75.3 cm³/mol. The summed E-state index contributed by atoms with van der Waals surface area (Å²) >= 11 is 0. The van der Waals surface area contributed by atoms with Gasteiger partial charge in [0, 0.05) is 23.9 Å². The maximum atomic E-state index is 10.9. The van der Waals surface area contributed by atoms with E-state index in [1.54, 1.807) is 0 Å². The minimum absolute atomic E-state index is 0.0717. The summed E-state index contributed by atoms with van der Waals surface area (Å²) in [5.74, 6) is -0.0717. The Kier molecular flexibility index (Phi) is 3.33. The van der Waals surface area contributed by atoms with Gasteiger partial charge in [0.05, 0.1) is 0 Å². The molecule has 0 heterocycles. The minimum Gasteiger partial charge on any atom is -0.398 e. The zero-order valence-electron chi connectivity index (χ0n) is 10.5. The van der Waals surface area contributed by atoms with E-state index < -0.39 is 0 Å². The number of amides is 1. The second kappa shape index (κ2) is 4.92. The molecule has 0 saturated carbocycles. The summed E-state index contributed by atoms with van der Waals surface area (Å²) in [7, 11) is 0. The number of aryl methyl sites for hydroxylation is 1. The lowest BCUT2D eigenvalue weighted by molar-refractivity contribution is -0.114. The second-order valence-corrected chi connectivity index (χ2v) is 4.35. The number of hydrogen-bond acceptors (Lipinski definition) is 2. The van der Waals surface area contributed by atoms with Crippen LogP contribution in [0, 0.1) is 6.92 Å². The third kappa shape index (κ3) is 2.69. The van der Waals surface area contributed by atoms with Crippen molar-refractivity contribution in [2.45, 2.75) is 13.8 Å². The normalized spacial score (nSPS) is 10.1. The van der Waals surface area contributed by atoms with Gasteiger partial charge in [-0.05, 0) is 36.2 Å². The highest BCUT2D eigenvalue weighted by Crippen LogP contribution is 2.27. The van der Waals surface area contributed by atoms with Crippen molar-refractivity contribution >= 4 is 17.3 Å². The van der Waals surface area contributed by atoms with E-state index in [0.29, 0.717) is 0 Å². The summed E-state index contributed by atoms with van der Waals surface area (Å²) in [4.78, 5) is 10.9. The van der Waals surface area contributed by atoms with Gasteiger partial charge in [0.2, 0.25) is 5.91 Å². The molecule has 1 amide bonds. The highest BCUT2D eigenvalue weighted by molar-refractivity contribution is 5.89. The van der Waals surface area contributed by atoms with E-state index in [0.717, 1.165) is 28.1 Å². The summed E-state index contributed by atoms with van der Waals surface area (Å²) in [6.45, 7) is 3.51. The van der Waals surface area contributed by atoms with Gasteiger partial charge < -0.3 is 11.1 Å². The maximum Gasteiger partial charge on any atom is 0.221 e. The zero-order chi connectivity index (χ0) is 13.1. The van der Waals surface area contributed by atoms with E-state index in [-0.39, 0.29) is 5.91 Å². The summed E-state index contributed by atoms with van der Waals surface area (Å²) < 4.78 is 0. The Morgan fingerprint density at radius 2 is 1.78 bits per heavy atom. The fourth-order valence-corrected chi connectivity index (χ4v) is 1.88. The number of hydrogen-bond donors (Lipinski definition) is 2. The Hall–Kier alpha value is -2.29. The number of carbonyl (C=O) groups excluding carboxylic acids is 1. The molecule has 0 aliphatic carbocycles. The van der Waals surface area contributed by atoms with Gasteiger partial charge in [-0.25, -0.2) is 0 Å². The molecule has 3 heteroatoms. The molecule has 92 valence electrons. The average molecular weight is 240 g/mol. The molecule has 3 nitrogen and oxygen atoms in total. The Morgan fingerprint density at radius 3 is 2.33 bits per heavy atom. The fourth-order valence-electron chi connectivity index (χ4n) is 1.88. The molecule has 0 atom stereocenters. The zero-order valence-corrected chi connectivity index (χ0v) is 10.5. The number of carbonyl (C=O) groups is 1. The van der Waals surface area contributed by atoms with E-state index in [9.17, 15) is 4.79 Å². The third-order valence-electron chi connectivity index (χ3n) is 2.72. The van der Waals surface area contributed by atoms with E-state index in [4.69, 9.17) is 5.73 Å². The van der Waals surface area contributed by atoms with Crippen LogP contribution in [0.1, 0.15) is 12.5 Å². The van der Waals surface area contributed by atoms with Crippen LogP contribution in [-0.4, -0.2) is 5.91 Å². The summed E-state index contributed by atoms with van der Waals surface area (Å²) in [6, 6.07) is 13.6. The second-order valence-electron chi connectivity index (χ2n) is 4.35. The van der Waals surface area contributed by atoms with Crippen molar-refractivity contribution in [3.05, 3.63) is 48.0 Å². The number of benzene rings is 2. The van der Waals surface area contributed by atoms with Gasteiger partial charge in [0.1, 0.15) is 0 Å². The van der Waals surface area contributed by atoms with Crippen molar-refractivity contribution in [1.82, 2.24) is 0 Å². The van der Waals surface area contributed by atoms with Gasteiger partial charge in [-0.1, -0.05) is 24.3 Å². The van der Waals surface area contributed by atoms with Crippen LogP contribution in [0.15, 0.2) is 42.5 Å². The number of nitrogen functional groups attached to an aromatic ring is 1. The van der Waals surface area contributed by atoms with Crippen molar-refractivity contribution < 1.29 is 4.79 Å². The van der Waals surface area contributed by atoms with Gasteiger partial charge in [-0.15, -0.1) is 0 Å². The Bertz CT molecular complexity index is 574. The molecule has 0 unspecified atom stereocenters. The number of nitrogens with two attached hydrogens (primary N) is 1. The van der Waals surface area contributed by atoms with Crippen LogP contribution >= 0.6 is 0 Å². The SMILES string of the molecule is CC(=O)Nc1ccc(-c2ccc(C)cc2N)cc1. The molecule has 0 aliphatic rings. The van der Waals surface area contributed by atoms with Gasteiger partial charge in [-0.3, -0.25) is 4.79 Å². The maximum absolute atomic E-state index is 10.9. The lowest BCUT2D eigenvalue weighted by Gasteiger charge is -2.08. The minimum atomic E-state index is -0.0717. The van der Waals surface area contributed by atoms with Gasteiger partial charge in [-0.2, -0.15) is 0 Å². The van der Waals surface area contributed by atoms with Crippen molar-refractivity contribution in [3.8, 4) is 11.1 Å². The van der Waals surface area contributed by atoms with Crippen LogP contribution in [0.4, 0.5) is 11.4 Å². The topological polar surface area (TPSA) is 55.1 Å². The van der Waals surface area contributed by atoms with Crippen LogP contribution in [0.5, 0.6) is 0 Å². The Balaban J connectivity index is 2.31. The molecule has 18 heavy (non-hydrogen) atoms. The van der Waals surface area contributed by atoms with Gasteiger partial charge in [0.25, 0.3) is 0 Å². The summed E-state index contributed by atoms with van der Waals surface area (Å²) in [6.07, 6.45) is 0. The smallest absolute Gasteiger partial charge is 0.221 e. The monoisotopic (exact) mass is 240 g/mol. The molecule has 0 bridgehead atoms.